The summed E-state index contributed by atoms with van der Waals surface area (Å²) >= 11 is 7.74. The van der Waals surface area contributed by atoms with E-state index in [2.05, 4.69) is 66.4 Å². The zero-order valence-electron chi connectivity index (χ0n) is 28.0. The number of hydrogen-bond donors (Lipinski definition) is 3. The van der Waals surface area contributed by atoms with Crippen LogP contribution in [0.3, 0.4) is 0 Å². The molecule has 266 valence electrons. The topological polar surface area (TPSA) is 136 Å². The third-order valence-electron chi connectivity index (χ3n) is 8.99. The van der Waals surface area contributed by atoms with Gasteiger partial charge in [-0.2, -0.15) is 5.10 Å². The van der Waals surface area contributed by atoms with E-state index in [1.807, 2.05) is 60.7 Å². The number of hydrogen-bond acceptors (Lipinski definition) is 9. The lowest BCUT2D eigenvalue weighted by Gasteiger charge is -2.36. The van der Waals surface area contributed by atoms with E-state index in [1.165, 1.54) is 23.3 Å². The molecule has 6 aromatic rings. The first-order chi connectivity index (χ1) is 25.2. The van der Waals surface area contributed by atoms with Crippen LogP contribution in [0.5, 0.6) is 0 Å². The molecule has 14 heteroatoms. The minimum Gasteiger partial charge on any atom is -0.379 e. The van der Waals surface area contributed by atoms with Gasteiger partial charge in [0.2, 0.25) is 0 Å². The molecule has 7 rings (SSSR count). The highest BCUT2D eigenvalue weighted by Crippen LogP contribution is 2.32. The molecule has 1 aliphatic rings. The van der Waals surface area contributed by atoms with Gasteiger partial charge in [0.05, 0.1) is 15.3 Å². The molecule has 52 heavy (non-hydrogen) atoms. The van der Waals surface area contributed by atoms with Gasteiger partial charge in [-0.3, -0.25) is 24.8 Å². The van der Waals surface area contributed by atoms with Gasteiger partial charge in [0.1, 0.15) is 5.69 Å². The van der Waals surface area contributed by atoms with Crippen LogP contribution in [0.25, 0.3) is 22.0 Å². The second kappa shape index (κ2) is 15.7. The lowest BCUT2D eigenvalue weighted by Crippen LogP contribution is -2.46. The van der Waals surface area contributed by atoms with E-state index < -0.39 is 14.9 Å². The number of halogens is 1. The Morgan fingerprint density at radius 3 is 2.40 bits per heavy atom. The summed E-state index contributed by atoms with van der Waals surface area (Å²) in [7, 11) is -4.18. The first-order valence-corrected chi connectivity index (χ1v) is 19.6. The third kappa shape index (κ3) is 8.18. The Balaban J connectivity index is 0.978. The van der Waals surface area contributed by atoms with E-state index in [-0.39, 0.29) is 22.1 Å². The average Bonchev–Trinajstić information content (AvgIpc) is 3.55. The van der Waals surface area contributed by atoms with E-state index in [1.54, 1.807) is 11.8 Å². The monoisotopic (exact) mass is 753 g/mol. The Morgan fingerprint density at radius 1 is 0.885 bits per heavy atom. The van der Waals surface area contributed by atoms with Crippen molar-refractivity contribution in [2.75, 3.05) is 53.4 Å². The van der Waals surface area contributed by atoms with Crippen LogP contribution in [0.15, 0.2) is 125 Å². The SMILES string of the molecule is O=[N+]([O-])c1cc(S(=O)(=O)Nc2n[nH]c3cc(N4CCN(Cc5ccccc5-c5ccc(Cl)cc5)CC4)ccc23)ccc1NCCSc1ccccc1. The summed E-state index contributed by atoms with van der Waals surface area (Å²) in [6, 6.07) is 35.8. The molecule has 1 aromatic heterocycles. The van der Waals surface area contributed by atoms with Crippen molar-refractivity contribution in [1.82, 2.24) is 15.1 Å². The number of sulfonamides is 1. The molecule has 1 fully saturated rings. The van der Waals surface area contributed by atoms with Gasteiger partial charge < -0.3 is 10.2 Å². The molecule has 0 spiro atoms. The number of anilines is 3. The van der Waals surface area contributed by atoms with Gasteiger partial charge in [-0.1, -0.05) is 66.2 Å². The molecule has 0 unspecified atom stereocenters. The summed E-state index contributed by atoms with van der Waals surface area (Å²) < 4.78 is 29.3. The highest BCUT2D eigenvalue weighted by Gasteiger charge is 2.24. The number of aromatic nitrogens is 2. The van der Waals surface area contributed by atoms with Crippen LogP contribution >= 0.6 is 23.4 Å². The van der Waals surface area contributed by atoms with Crippen molar-refractivity contribution in [3.05, 3.63) is 136 Å². The number of nitro benzene ring substituents is 1. The molecule has 0 bridgehead atoms. The fourth-order valence-corrected chi connectivity index (χ4v) is 8.25. The van der Waals surface area contributed by atoms with Crippen LogP contribution in [-0.4, -0.2) is 66.9 Å². The summed E-state index contributed by atoms with van der Waals surface area (Å²) in [5.74, 6) is 0.793. The Kier molecular flexibility index (Phi) is 10.6. The van der Waals surface area contributed by atoms with Crippen molar-refractivity contribution in [1.29, 1.82) is 0 Å². The van der Waals surface area contributed by atoms with Crippen molar-refractivity contribution >= 4 is 67.2 Å². The molecule has 5 aromatic carbocycles. The summed E-state index contributed by atoms with van der Waals surface area (Å²) in [6.45, 7) is 4.73. The predicted octanol–water partition coefficient (Wildman–Crippen LogP) is 8.12. The molecule has 1 aliphatic heterocycles. The maximum absolute atomic E-state index is 13.4. The molecule has 11 nitrogen and oxygen atoms in total. The van der Waals surface area contributed by atoms with E-state index in [0.29, 0.717) is 23.2 Å². The van der Waals surface area contributed by atoms with Gasteiger partial charge in [-0.05, 0) is 71.3 Å². The fraction of sp³-hybridized carbons (Fsp3) is 0.184. The summed E-state index contributed by atoms with van der Waals surface area (Å²) in [6.07, 6.45) is 0. The Morgan fingerprint density at radius 2 is 1.63 bits per heavy atom. The average molecular weight is 754 g/mol. The predicted molar refractivity (Wildman–Crippen MR) is 210 cm³/mol. The molecule has 0 radical (unpaired) electrons. The van der Waals surface area contributed by atoms with Crippen LogP contribution < -0.4 is 14.9 Å². The van der Waals surface area contributed by atoms with Gasteiger partial charge in [-0.25, -0.2) is 8.42 Å². The van der Waals surface area contributed by atoms with Crippen molar-refractivity contribution in [3.8, 4) is 11.1 Å². The highest BCUT2D eigenvalue weighted by molar-refractivity contribution is 7.99. The lowest BCUT2D eigenvalue weighted by molar-refractivity contribution is -0.384. The number of rotatable bonds is 13. The molecule has 0 saturated carbocycles. The number of piperazine rings is 1. The molecule has 0 aliphatic carbocycles. The molecule has 3 N–H and O–H groups in total. The minimum absolute atomic E-state index is 0.119. The van der Waals surface area contributed by atoms with Crippen molar-refractivity contribution < 1.29 is 13.3 Å². The number of nitro groups is 1. The molecular formula is C38H36ClN7O4S2. The standard InChI is InChI=1S/C38H36ClN7O4S2/c39-29-12-10-27(11-13-29)33-9-5-4-6-28(33)26-44-19-21-45(22-20-44)30-14-16-34-36(24-30)41-42-38(34)43-52(49,50)32-15-17-35(37(25-32)46(47)48)40-18-23-51-31-7-2-1-3-8-31/h1-17,24-25,40H,18-23,26H2,(H2,41,42,43). The Hall–Kier alpha value is -5.08. The van der Waals surface area contributed by atoms with E-state index in [9.17, 15) is 18.5 Å². The normalized spacial score (nSPS) is 13.7. The van der Waals surface area contributed by atoms with Gasteiger partial charge in [0, 0.05) is 72.1 Å². The Labute approximate surface area is 311 Å². The number of aromatic amines is 1. The van der Waals surface area contributed by atoms with Gasteiger partial charge in [-0.15, -0.1) is 11.8 Å². The molecule has 0 atom stereocenters. The summed E-state index contributed by atoms with van der Waals surface area (Å²) in [5.41, 5.74) is 5.22. The number of nitrogens with one attached hydrogen (secondary N) is 3. The number of fused-ring (bicyclic) bond motifs is 1. The van der Waals surface area contributed by atoms with Crippen molar-refractivity contribution in [2.24, 2.45) is 0 Å². The maximum atomic E-state index is 13.4. The zero-order chi connectivity index (χ0) is 36.1. The van der Waals surface area contributed by atoms with Crippen LogP contribution in [-0.2, 0) is 16.6 Å². The van der Waals surface area contributed by atoms with Crippen molar-refractivity contribution in [2.45, 2.75) is 16.3 Å². The second-order valence-electron chi connectivity index (χ2n) is 12.4. The summed E-state index contributed by atoms with van der Waals surface area (Å²) in [4.78, 5) is 16.9. The summed E-state index contributed by atoms with van der Waals surface area (Å²) in [5, 5.41) is 23.5. The van der Waals surface area contributed by atoms with E-state index in [4.69, 9.17) is 11.6 Å². The van der Waals surface area contributed by atoms with Gasteiger partial charge in [0.15, 0.2) is 5.82 Å². The third-order valence-corrected chi connectivity index (χ3v) is 11.6. The zero-order valence-corrected chi connectivity index (χ0v) is 30.4. The van der Waals surface area contributed by atoms with Gasteiger partial charge in [0.25, 0.3) is 15.7 Å². The quantitative estimate of drug-likeness (QED) is 0.0462. The first-order valence-electron chi connectivity index (χ1n) is 16.8. The minimum atomic E-state index is -4.18. The molecule has 0 amide bonds. The highest BCUT2D eigenvalue weighted by atomic mass is 35.5. The second-order valence-corrected chi connectivity index (χ2v) is 15.6. The lowest BCUT2D eigenvalue weighted by atomic mass is 9.99. The number of thioether (sulfide) groups is 1. The van der Waals surface area contributed by atoms with Crippen LogP contribution in [0.2, 0.25) is 5.02 Å². The fourth-order valence-electron chi connectivity index (χ4n) is 6.29. The van der Waals surface area contributed by atoms with E-state index in [0.717, 1.165) is 60.0 Å². The Bertz CT molecular complexity index is 2300. The molecule has 2 heterocycles. The van der Waals surface area contributed by atoms with Crippen LogP contribution in [0, 0.1) is 10.1 Å². The van der Waals surface area contributed by atoms with Crippen molar-refractivity contribution in [3.63, 3.8) is 0 Å². The molecular weight excluding hydrogens is 718 g/mol. The van der Waals surface area contributed by atoms with E-state index >= 15 is 0 Å². The largest absolute Gasteiger partial charge is 0.379 e. The molecule has 1 saturated heterocycles. The van der Waals surface area contributed by atoms with Crippen LogP contribution in [0.4, 0.5) is 22.9 Å². The number of nitrogens with zero attached hydrogens (tertiary/aromatic N) is 4. The number of H-pyrrole nitrogens is 1. The van der Waals surface area contributed by atoms with Crippen LogP contribution in [0.1, 0.15) is 5.56 Å². The smallest absolute Gasteiger partial charge is 0.293 e. The maximum Gasteiger partial charge on any atom is 0.293 e. The number of benzene rings is 5. The first kappa shape index (κ1) is 35.3. The van der Waals surface area contributed by atoms with Gasteiger partial charge >= 0.3 is 0 Å².